The summed E-state index contributed by atoms with van der Waals surface area (Å²) in [5.41, 5.74) is 4.44. The normalized spacial score (nSPS) is 19.3. The zero-order valence-corrected chi connectivity index (χ0v) is 18.3. The number of ether oxygens (including phenoxy) is 1. The number of hydrogen-bond donors (Lipinski definition) is 1. The third-order valence-corrected chi connectivity index (χ3v) is 5.73. The summed E-state index contributed by atoms with van der Waals surface area (Å²) in [6.07, 6.45) is 5.55. The van der Waals surface area contributed by atoms with Gasteiger partial charge in [-0.3, -0.25) is 4.79 Å². The Hall–Kier alpha value is -2.28. The molecule has 1 aliphatic carbocycles. The van der Waals surface area contributed by atoms with Gasteiger partial charge >= 0.3 is 0 Å². The molecule has 1 amide bonds. The van der Waals surface area contributed by atoms with Gasteiger partial charge in [0.15, 0.2) is 0 Å². The molecule has 0 saturated heterocycles. The lowest BCUT2D eigenvalue weighted by Crippen LogP contribution is -2.32. The van der Waals surface area contributed by atoms with Crippen LogP contribution in [0.2, 0.25) is 0 Å². The standard InChI is InChI=1S/C22H33N5O2/c1-14-8-6-7-9-20(14)29-11-10-23-21(28)13-19-17(4)26-27(18(19)5)22-24-15(2)12-16(3)25-22/h12,14,20H,6-11,13H2,1-5H3,(H,23,28). The van der Waals surface area contributed by atoms with E-state index in [0.717, 1.165) is 34.8 Å². The Balaban J connectivity index is 1.56. The van der Waals surface area contributed by atoms with Crippen LogP contribution in [0.4, 0.5) is 0 Å². The number of carbonyl (C=O) groups is 1. The predicted octanol–water partition coefficient (Wildman–Crippen LogP) is 3.15. The maximum absolute atomic E-state index is 12.5. The molecule has 7 nitrogen and oxygen atoms in total. The van der Waals surface area contributed by atoms with Gasteiger partial charge < -0.3 is 10.1 Å². The van der Waals surface area contributed by atoms with Crippen molar-refractivity contribution in [3.63, 3.8) is 0 Å². The highest BCUT2D eigenvalue weighted by atomic mass is 16.5. The van der Waals surface area contributed by atoms with Crippen LogP contribution in [0, 0.1) is 33.6 Å². The maximum Gasteiger partial charge on any atom is 0.251 e. The molecule has 1 N–H and O–H groups in total. The van der Waals surface area contributed by atoms with Gasteiger partial charge in [-0.25, -0.2) is 14.6 Å². The van der Waals surface area contributed by atoms with Crippen LogP contribution in [0.3, 0.4) is 0 Å². The molecule has 7 heteroatoms. The summed E-state index contributed by atoms with van der Waals surface area (Å²) in [4.78, 5) is 21.4. The van der Waals surface area contributed by atoms with Crippen LogP contribution >= 0.6 is 0 Å². The molecule has 2 aromatic heterocycles. The van der Waals surface area contributed by atoms with Crippen LogP contribution in [0.15, 0.2) is 6.07 Å². The van der Waals surface area contributed by atoms with Crippen LogP contribution in [-0.2, 0) is 16.0 Å². The number of aryl methyl sites for hydroxylation is 3. The van der Waals surface area contributed by atoms with Gasteiger partial charge in [0.25, 0.3) is 5.95 Å². The van der Waals surface area contributed by atoms with Gasteiger partial charge in [-0.1, -0.05) is 19.8 Å². The van der Waals surface area contributed by atoms with Gasteiger partial charge in [0.05, 0.1) is 24.8 Å². The monoisotopic (exact) mass is 399 g/mol. The number of nitrogens with zero attached hydrogens (tertiary/aromatic N) is 4. The van der Waals surface area contributed by atoms with Crippen molar-refractivity contribution in [2.45, 2.75) is 72.8 Å². The van der Waals surface area contributed by atoms with Gasteiger partial charge in [-0.2, -0.15) is 5.10 Å². The average molecular weight is 400 g/mol. The molecule has 0 bridgehead atoms. The van der Waals surface area contributed by atoms with Gasteiger partial charge in [-0.05, 0) is 52.5 Å². The maximum atomic E-state index is 12.5. The quantitative estimate of drug-likeness (QED) is 0.723. The van der Waals surface area contributed by atoms with E-state index in [4.69, 9.17) is 4.74 Å². The predicted molar refractivity (Wildman–Crippen MR) is 112 cm³/mol. The largest absolute Gasteiger partial charge is 0.376 e. The van der Waals surface area contributed by atoms with Crippen molar-refractivity contribution < 1.29 is 9.53 Å². The summed E-state index contributed by atoms with van der Waals surface area (Å²) in [5, 5.41) is 7.54. The summed E-state index contributed by atoms with van der Waals surface area (Å²) < 4.78 is 7.71. The van der Waals surface area contributed by atoms with E-state index in [-0.39, 0.29) is 5.91 Å². The van der Waals surface area contributed by atoms with Crippen LogP contribution in [0.25, 0.3) is 5.95 Å². The van der Waals surface area contributed by atoms with Crippen molar-refractivity contribution in [2.75, 3.05) is 13.2 Å². The Morgan fingerprint density at radius 3 is 2.55 bits per heavy atom. The van der Waals surface area contributed by atoms with Crippen LogP contribution < -0.4 is 5.32 Å². The lowest BCUT2D eigenvalue weighted by molar-refractivity contribution is -0.120. The van der Waals surface area contributed by atoms with Gasteiger partial charge in [0, 0.05) is 29.2 Å². The first-order valence-corrected chi connectivity index (χ1v) is 10.6. The van der Waals surface area contributed by atoms with E-state index in [2.05, 4.69) is 27.3 Å². The Bertz CT molecular complexity index is 841. The molecule has 158 valence electrons. The van der Waals surface area contributed by atoms with E-state index in [1.54, 1.807) is 4.68 Å². The van der Waals surface area contributed by atoms with Crippen molar-refractivity contribution in [3.8, 4) is 5.95 Å². The van der Waals surface area contributed by atoms with Crippen LogP contribution in [0.1, 0.15) is 60.9 Å². The highest BCUT2D eigenvalue weighted by Gasteiger charge is 2.22. The van der Waals surface area contributed by atoms with E-state index < -0.39 is 0 Å². The highest BCUT2D eigenvalue weighted by Crippen LogP contribution is 2.26. The molecular weight excluding hydrogens is 366 g/mol. The Labute approximate surface area is 173 Å². The van der Waals surface area contributed by atoms with Gasteiger partial charge in [-0.15, -0.1) is 0 Å². The summed E-state index contributed by atoms with van der Waals surface area (Å²) in [6.45, 7) is 11.1. The molecule has 1 aliphatic rings. The van der Waals surface area contributed by atoms with Crippen LogP contribution in [0.5, 0.6) is 0 Å². The molecule has 1 saturated carbocycles. The number of amides is 1. The molecular formula is C22H33N5O2. The molecule has 0 spiro atoms. The fourth-order valence-corrected chi connectivity index (χ4v) is 4.08. The minimum Gasteiger partial charge on any atom is -0.376 e. The first-order valence-electron chi connectivity index (χ1n) is 10.6. The fraction of sp³-hybridized carbons (Fsp3) is 0.636. The highest BCUT2D eigenvalue weighted by molar-refractivity contribution is 5.79. The van der Waals surface area contributed by atoms with Crippen molar-refractivity contribution in [2.24, 2.45) is 5.92 Å². The average Bonchev–Trinajstić information content (AvgIpc) is 2.94. The molecule has 2 atom stereocenters. The van der Waals surface area contributed by atoms with Crippen molar-refractivity contribution in [1.82, 2.24) is 25.1 Å². The molecule has 0 radical (unpaired) electrons. The van der Waals surface area contributed by atoms with Crippen molar-refractivity contribution >= 4 is 5.91 Å². The minimum absolute atomic E-state index is 0.0163. The topological polar surface area (TPSA) is 81.9 Å². The van der Waals surface area contributed by atoms with E-state index in [1.165, 1.54) is 19.3 Å². The lowest BCUT2D eigenvalue weighted by atomic mass is 9.88. The number of aromatic nitrogens is 4. The lowest BCUT2D eigenvalue weighted by Gasteiger charge is -2.28. The van der Waals surface area contributed by atoms with E-state index in [0.29, 0.717) is 37.5 Å². The van der Waals surface area contributed by atoms with Gasteiger partial charge in [0.1, 0.15) is 0 Å². The molecule has 0 aromatic carbocycles. The number of nitrogens with one attached hydrogen (secondary N) is 1. The van der Waals surface area contributed by atoms with E-state index in [9.17, 15) is 4.79 Å². The van der Waals surface area contributed by atoms with Crippen molar-refractivity contribution in [1.29, 1.82) is 0 Å². The van der Waals surface area contributed by atoms with Gasteiger partial charge in [0.2, 0.25) is 5.91 Å². The summed E-state index contributed by atoms with van der Waals surface area (Å²) in [5.74, 6) is 1.14. The zero-order valence-electron chi connectivity index (χ0n) is 18.3. The second kappa shape index (κ2) is 9.48. The first-order chi connectivity index (χ1) is 13.8. The summed E-state index contributed by atoms with van der Waals surface area (Å²) in [6, 6.07) is 1.93. The number of rotatable bonds is 7. The Morgan fingerprint density at radius 1 is 1.17 bits per heavy atom. The SMILES string of the molecule is Cc1cc(C)nc(-n2nc(C)c(CC(=O)NCCOC3CCCCC3C)c2C)n1. The van der Waals surface area contributed by atoms with E-state index >= 15 is 0 Å². The zero-order chi connectivity index (χ0) is 21.0. The molecule has 1 fully saturated rings. The molecule has 3 rings (SSSR count). The number of carbonyl (C=O) groups excluding carboxylic acids is 1. The molecule has 29 heavy (non-hydrogen) atoms. The second-order valence-corrected chi connectivity index (χ2v) is 8.21. The van der Waals surface area contributed by atoms with E-state index in [1.807, 2.05) is 33.8 Å². The molecule has 0 aliphatic heterocycles. The van der Waals surface area contributed by atoms with Crippen LogP contribution in [-0.4, -0.2) is 44.9 Å². The van der Waals surface area contributed by atoms with Crippen molar-refractivity contribution in [3.05, 3.63) is 34.4 Å². The Kier molecular flexibility index (Phi) is 7.00. The third-order valence-electron chi connectivity index (χ3n) is 5.73. The smallest absolute Gasteiger partial charge is 0.251 e. The summed E-state index contributed by atoms with van der Waals surface area (Å²) >= 11 is 0. The molecule has 2 heterocycles. The number of hydrogen-bond acceptors (Lipinski definition) is 5. The molecule has 2 unspecified atom stereocenters. The molecule has 2 aromatic rings. The Morgan fingerprint density at radius 2 is 1.86 bits per heavy atom. The second-order valence-electron chi connectivity index (χ2n) is 8.21. The summed E-state index contributed by atoms with van der Waals surface area (Å²) in [7, 11) is 0. The minimum atomic E-state index is -0.0163. The first kappa shape index (κ1) is 21.4. The fourth-order valence-electron chi connectivity index (χ4n) is 4.08. The third kappa shape index (κ3) is 5.41.